The first kappa shape index (κ1) is 12.3. The first-order chi connectivity index (χ1) is 8.18. The number of carbonyl (C=O) groups excluding carboxylic acids is 1. The van der Waals surface area contributed by atoms with Gasteiger partial charge in [-0.1, -0.05) is 0 Å². The van der Waals surface area contributed by atoms with Crippen LogP contribution in [0.5, 0.6) is 0 Å². The largest absolute Gasteiger partial charge is 0.351 e. The third-order valence-electron chi connectivity index (χ3n) is 2.26. The second-order valence-electron chi connectivity index (χ2n) is 3.46. The number of nitrogens with one attached hydrogen (secondary N) is 1. The van der Waals surface area contributed by atoms with Crippen LogP contribution in [0.15, 0.2) is 22.2 Å². The minimum absolute atomic E-state index is 0.0611. The quantitative estimate of drug-likeness (QED) is 0.932. The second kappa shape index (κ2) is 5.42. The Hall–Kier alpha value is -1.21. The lowest BCUT2D eigenvalue weighted by atomic mass is 10.3. The van der Waals surface area contributed by atoms with Gasteiger partial charge in [-0.3, -0.25) is 4.79 Å². The van der Waals surface area contributed by atoms with E-state index in [-0.39, 0.29) is 5.91 Å². The third kappa shape index (κ3) is 2.92. The molecule has 1 N–H and O–H groups in total. The minimum atomic E-state index is -0.0611. The Kier molecular flexibility index (Phi) is 3.90. The number of aromatic nitrogens is 3. The summed E-state index contributed by atoms with van der Waals surface area (Å²) in [6.45, 7) is 0.551. The maximum absolute atomic E-state index is 11.8. The van der Waals surface area contributed by atoms with Crippen LogP contribution in [0, 0.1) is 0 Å². The topological polar surface area (TPSA) is 59.8 Å². The predicted octanol–water partition coefficient (Wildman–Crippen LogP) is 1.61. The van der Waals surface area contributed by atoms with Gasteiger partial charge >= 0.3 is 0 Å². The average molecular weight is 315 g/mol. The summed E-state index contributed by atoms with van der Waals surface area (Å²) < 4.78 is 2.67. The third-order valence-corrected chi connectivity index (χ3v) is 4.10. The van der Waals surface area contributed by atoms with Gasteiger partial charge in [0.2, 0.25) is 0 Å². The molecule has 0 spiro atoms. The van der Waals surface area contributed by atoms with Gasteiger partial charge in [0.05, 0.1) is 0 Å². The van der Waals surface area contributed by atoms with Crippen molar-refractivity contribution in [2.45, 2.75) is 6.42 Å². The smallest absolute Gasteiger partial charge is 0.262 e. The molecule has 0 aliphatic heterocycles. The first-order valence-electron chi connectivity index (χ1n) is 5.02. The number of rotatable bonds is 4. The molecule has 0 aromatic carbocycles. The summed E-state index contributed by atoms with van der Waals surface area (Å²) in [5, 5.41) is 12.5. The summed E-state index contributed by atoms with van der Waals surface area (Å²) in [4.78, 5) is 12.5. The van der Waals surface area contributed by atoms with Crippen molar-refractivity contribution in [3.8, 4) is 0 Å². The van der Waals surface area contributed by atoms with E-state index >= 15 is 0 Å². The van der Waals surface area contributed by atoms with Crippen molar-refractivity contribution >= 4 is 33.2 Å². The van der Waals surface area contributed by atoms with Crippen molar-refractivity contribution < 1.29 is 4.79 Å². The van der Waals surface area contributed by atoms with E-state index in [1.165, 1.54) is 11.3 Å². The molecule has 0 saturated heterocycles. The molecule has 0 bridgehead atoms. The number of hydrogen-bond acceptors (Lipinski definition) is 4. The lowest BCUT2D eigenvalue weighted by molar-refractivity contribution is 0.0957. The number of amides is 1. The van der Waals surface area contributed by atoms with Gasteiger partial charge in [-0.05, 0) is 27.4 Å². The normalized spacial score (nSPS) is 10.5. The highest BCUT2D eigenvalue weighted by Gasteiger charge is 2.11. The Bertz CT molecular complexity index is 522. The van der Waals surface area contributed by atoms with E-state index in [2.05, 4.69) is 31.4 Å². The maximum atomic E-state index is 11.8. The van der Waals surface area contributed by atoms with Gasteiger partial charge in [0.1, 0.15) is 17.0 Å². The standard InChI is InChI=1S/C10H11BrN4OS/c1-15-6-13-14-8(15)2-4-12-10(16)9-7(11)3-5-17-9/h3,5-6H,2,4H2,1H3,(H,12,16). The van der Waals surface area contributed by atoms with Crippen molar-refractivity contribution in [2.24, 2.45) is 7.05 Å². The molecule has 1 amide bonds. The highest BCUT2D eigenvalue weighted by atomic mass is 79.9. The number of halogens is 1. The van der Waals surface area contributed by atoms with E-state index in [0.717, 1.165) is 10.3 Å². The van der Waals surface area contributed by atoms with Crippen molar-refractivity contribution in [1.29, 1.82) is 0 Å². The zero-order valence-corrected chi connectivity index (χ0v) is 11.6. The Morgan fingerprint density at radius 1 is 1.65 bits per heavy atom. The monoisotopic (exact) mass is 314 g/mol. The van der Waals surface area contributed by atoms with Crippen molar-refractivity contribution in [3.05, 3.63) is 32.9 Å². The second-order valence-corrected chi connectivity index (χ2v) is 5.23. The molecular formula is C10H11BrN4OS. The molecule has 2 heterocycles. The predicted molar refractivity (Wildman–Crippen MR) is 69.1 cm³/mol. The molecule has 90 valence electrons. The Balaban J connectivity index is 1.86. The number of nitrogens with zero attached hydrogens (tertiary/aromatic N) is 3. The molecule has 0 atom stereocenters. The SMILES string of the molecule is Cn1cnnc1CCNC(=O)c1sccc1Br. The first-order valence-corrected chi connectivity index (χ1v) is 6.70. The number of hydrogen-bond donors (Lipinski definition) is 1. The zero-order chi connectivity index (χ0) is 12.3. The summed E-state index contributed by atoms with van der Waals surface area (Å²) in [5.41, 5.74) is 0. The summed E-state index contributed by atoms with van der Waals surface area (Å²) >= 11 is 4.75. The van der Waals surface area contributed by atoms with E-state index in [1.807, 2.05) is 23.1 Å². The van der Waals surface area contributed by atoms with Crippen molar-refractivity contribution in [1.82, 2.24) is 20.1 Å². The van der Waals surface area contributed by atoms with Crippen LogP contribution in [0.1, 0.15) is 15.5 Å². The van der Waals surface area contributed by atoms with E-state index in [0.29, 0.717) is 17.8 Å². The van der Waals surface area contributed by atoms with Crippen LogP contribution in [0.25, 0.3) is 0 Å². The van der Waals surface area contributed by atoms with Gasteiger partial charge in [0.25, 0.3) is 5.91 Å². The molecule has 0 radical (unpaired) electrons. The van der Waals surface area contributed by atoms with E-state index in [1.54, 1.807) is 6.33 Å². The number of thiophene rings is 1. The van der Waals surface area contributed by atoms with E-state index in [4.69, 9.17) is 0 Å². The van der Waals surface area contributed by atoms with Gasteiger partial charge in [-0.15, -0.1) is 21.5 Å². The van der Waals surface area contributed by atoms with Crippen LogP contribution >= 0.6 is 27.3 Å². The van der Waals surface area contributed by atoms with Crippen LogP contribution in [-0.2, 0) is 13.5 Å². The van der Waals surface area contributed by atoms with Gasteiger partial charge in [0, 0.05) is 24.5 Å². The van der Waals surface area contributed by atoms with Crippen molar-refractivity contribution in [2.75, 3.05) is 6.54 Å². The molecule has 17 heavy (non-hydrogen) atoms. The van der Waals surface area contributed by atoms with Crippen LogP contribution in [0.4, 0.5) is 0 Å². The molecule has 0 saturated carbocycles. The molecule has 0 unspecified atom stereocenters. The molecule has 2 aromatic heterocycles. The van der Waals surface area contributed by atoms with E-state index < -0.39 is 0 Å². The molecule has 5 nitrogen and oxygen atoms in total. The molecule has 2 aromatic rings. The lowest BCUT2D eigenvalue weighted by Crippen LogP contribution is -2.25. The fraction of sp³-hybridized carbons (Fsp3) is 0.300. The Labute approximate surface area is 111 Å². The number of aryl methyl sites for hydroxylation is 1. The van der Waals surface area contributed by atoms with Gasteiger partial charge in [-0.2, -0.15) is 0 Å². The van der Waals surface area contributed by atoms with Gasteiger partial charge in [0.15, 0.2) is 0 Å². The zero-order valence-electron chi connectivity index (χ0n) is 9.18. The van der Waals surface area contributed by atoms with E-state index in [9.17, 15) is 4.79 Å². The minimum Gasteiger partial charge on any atom is -0.351 e. The molecule has 7 heteroatoms. The van der Waals surface area contributed by atoms with Crippen LogP contribution in [-0.4, -0.2) is 27.2 Å². The van der Waals surface area contributed by atoms with Gasteiger partial charge < -0.3 is 9.88 Å². The van der Waals surface area contributed by atoms with Gasteiger partial charge in [-0.25, -0.2) is 0 Å². The average Bonchev–Trinajstić information content (AvgIpc) is 2.88. The van der Waals surface area contributed by atoms with Crippen LogP contribution in [0.3, 0.4) is 0 Å². The highest BCUT2D eigenvalue weighted by molar-refractivity contribution is 9.10. The van der Waals surface area contributed by atoms with Crippen LogP contribution < -0.4 is 5.32 Å². The van der Waals surface area contributed by atoms with Crippen LogP contribution in [0.2, 0.25) is 0 Å². The summed E-state index contributed by atoms with van der Waals surface area (Å²) in [7, 11) is 1.88. The lowest BCUT2D eigenvalue weighted by Gasteiger charge is -2.03. The molecule has 0 aliphatic carbocycles. The highest BCUT2D eigenvalue weighted by Crippen LogP contribution is 2.22. The summed E-state index contributed by atoms with van der Waals surface area (Å²) in [6, 6.07) is 1.86. The fourth-order valence-corrected chi connectivity index (χ4v) is 2.82. The Morgan fingerprint density at radius 3 is 3.06 bits per heavy atom. The molecular weight excluding hydrogens is 304 g/mol. The number of carbonyl (C=O) groups is 1. The summed E-state index contributed by atoms with van der Waals surface area (Å²) in [6.07, 6.45) is 2.32. The molecule has 0 fully saturated rings. The fourth-order valence-electron chi connectivity index (χ4n) is 1.36. The molecule has 2 rings (SSSR count). The van der Waals surface area contributed by atoms with Crippen molar-refractivity contribution in [3.63, 3.8) is 0 Å². The molecule has 0 aliphatic rings. The summed E-state index contributed by atoms with van der Waals surface area (Å²) in [5.74, 6) is 0.796. The Morgan fingerprint density at radius 2 is 2.47 bits per heavy atom. The maximum Gasteiger partial charge on any atom is 0.262 e.